The van der Waals surface area contributed by atoms with Crippen LogP contribution in [0.3, 0.4) is 0 Å². The van der Waals surface area contributed by atoms with Crippen molar-refractivity contribution in [3.05, 3.63) is 64.9 Å². The first kappa shape index (κ1) is 14.3. The van der Waals surface area contributed by atoms with Crippen LogP contribution in [0.4, 0.5) is 4.39 Å². The summed E-state index contributed by atoms with van der Waals surface area (Å²) in [5, 5.41) is 9.36. The molecule has 0 aliphatic heterocycles. The molecule has 20 heavy (non-hydrogen) atoms. The minimum atomic E-state index is -0.991. The highest BCUT2D eigenvalue weighted by Gasteiger charge is 2.21. The van der Waals surface area contributed by atoms with E-state index in [9.17, 15) is 14.3 Å². The second-order valence-electron chi connectivity index (χ2n) is 4.19. The van der Waals surface area contributed by atoms with Crippen LogP contribution in [0, 0.1) is 5.82 Å². The number of rotatable bonds is 5. The predicted octanol–water partition coefficient (Wildman–Crippen LogP) is 3.73. The fourth-order valence-electron chi connectivity index (χ4n) is 1.76. The molecule has 0 bridgehead atoms. The van der Waals surface area contributed by atoms with Gasteiger partial charge in [-0.25, -0.2) is 4.39 Å². The molecule has 0 aliphatic carbocycles. The molecule has 0 fully saturated rings. The molecule has 2 aromatic rings. The van der Waals surface area contributed by atoms with Crippen molar-refractivity contribution in [2.45, 2.75) is 5.92 Å². The Morgan fingerprint density at radius 2 is 1.95 bits per heavy atom. The summed E-state index contributed by atoms with van der Waals surface area (Å²) in [7, 11) is 0. The highest BCUT2D eigenvalue weighted by Crippen LogP contribution is 2.26. The quantitative estimate of drug-likeness (QED) is 0.914. The Morgan fingerprint density at radius 3 is 2.55 bits per heavy atom. The van der Waals surface area contributed by atoms with Gasteiger partial charge in [-0.15, -0.1) is 0 Å². The summed E-state index contributed by atoms with van der Waals surface area (Å²) in [6.45, 7) is -0.0787. The van der Waals surface area contributed by atoms with Crippen LogP contribution >= 0.6 is 11.6 Å². The predicted molar refractivity (Wildman–Crippen MR) is 73.7 cm³/mol. The van der Waals surface area contributed by atoms with E-state index in [1.54, 1.807) is 30.3 Å². The Balaban J connectivity index is 2.12. The van der Waals surface area contributed by atoms with Crippen LogP contribution < -0.4 is 4.74 Å². The van der Waals surface area contributed by atoms with Gasteiger partial charge in [-0.3, -0.25) is 4.79 Å². The number of benzene rings is 2. The highest BCUT2D eigenvalue weighted by molar-refractivity contribution is 6.32. The van der Waals surface area contributed by atoms with Crippen molar-refractivity contribution in [2.24, 2.45) is 0 Å². The van der Waals surface area contributed by atoms with Crippen LogP contribution in [0.15, 0.2) is 48.5 Å². The maximum absolute atomic E-state index is 12.9. The molecule has 1 unspecified atom stereocenters. The molecule has 0 saturated carbocycles. The molecule has 0 aliphatic rings. The van der Waals surface area contributed by atoms with E-state index in [0.29, 0.717) is 5.56 Å². The molecular formula is C15H12ClFO3. The van der Waals surface area contributed by atoms with Crippen LogP contribution in [-0.4, -0.2) is 17.7 Å². The second-order valence-corrected chi connectivity index (χ2v) is 4.59. The molecule has 0 saturated heterocycles. The maximum atomic E-state index is 12.9. The maximum Gasteiger partial charge on any atom is 0.314 e. The van der Waals surface area contributed by atoms with Gasteiger partial charge >= 0.3 is 5.97 Å². The standard InChI is InChI=1S/C15H12ClFO3/c16-13-8-11(17)6-7-14(13)20-9-12(15(18)19)10-4-2-1-3-5-10/h1-8,12H,9H2,(H,18,19). The lowest BCUT2D eigenvalue weighted by Gasteiger charge is -2.14. The van der Waals surface area contributed by atoms with E-state index in [1.165, 1.54) is 12.1 Å². The lowest BCUT2D eigenvalue weighted by Crippen LogP contribution is -2.19. The van der Waals surface area contributed by atoms with Crippen molar-refractivity contribution in [1.29, 1.82) is 0 Å². The summed E-state index contributed by atoms with van der Waals surface area (Å²) < 4.78 is 18.3. The first-order valence-corrected chi connectivity index (χ1v) is 6.31. The van der Waals surface area contributed by atoms with Gasteiger partial charge in [0.25, 0.3) is 0 Å². The summed E-state index contributed by atoms with van der Waals surface area (Å²) in [4.78, 5) is 11.3. The molecule has 0 heterocycles. The van der Waals surface area contributed by atoms with Gasteiger partial charge in [0.15, 0.2) is 0 Å². The van der Waals surface area contributed by atoms with Crippen molar-refractivity contribution in [3.8, 4) is 5.75 Å². The van der Waals surface area contributed by atoms with Crippen LogP contribution in [0.5, 0.6) is 5.75 Å². The van der Waals surface area contributed by atoms with E-state index in [2.05, 4.69) is 0 Å². The Morgan fingerprint density at radius 1 is 1.25 bits per heavy atom. The average molecular weight is 295 g/mol. The fraction of sp³-hybridized carbons (Fsp3) is 0.133. The molecule has 0 spiro atoms. The Labute approximate surface area is 120 Å². The van der Waals surface area contributed by atoms with Crippen molar-refractivity contribution in [2.75, 3.05) is 6.61 Å². The van der Waals surface area contributed by atoms with Gasteiger partial charge in [0.1, 0.15) is 24.1 Å². The topological polar surface area (TPSA) is 46.5 Å². The molecule has 2 aromatic carbocycles. The number of carboxylic acids is 1. The number of aliphatic carboxylic acids is 1. The molecule has 2 rings (SSSR count). The van der Waals surface area contributed by atoms with E-state index in [-0.39, 0.29) is 17.4 Å². The van der Waals surface area contributed by atoms with E-state index >= 15 is 0 Å². The Kier molecular flexibility index (Phi) is 4.58. The average Bonchev–Trinajstić information content (AvgIpc) is 2.42. The monoisotopic (exact) mass is 294 g/mol. The third-order valence-electron chi connectivity index (χ3n) is 2.80. The number of carbonyl (C=O) groups is 1. The Bertz CT molecular complexity index is 601. The normalized spacial score (nSPS) is 11.9. The van der Waals surface area contributed by atoms with Crippen LogP contribution in [0.25, 0.3) is 0 Å². The van der Waals surface area contributed by atoms with Crippen molar-refractivity contribution < 1.29 is 19.0 Å². The zero-order valence-corrected chi connectivity index (χ0v) is 11.2. The van der Waals surface area contributed by atoms with E-state index in [0.717, 1.165) is 6.07 Å². The molecule has 3 nitrogen and oxygen atoms in total. The minimum absolute atomic E-state index is 0.0787. The minimum Gasteiger partial charge on any atom is -0.491 e. The second kappa shape index (κ2) is 6.39. The van der Waals surface area contributed by atoms with Crippen molar-refractivity contribution in [1.82, 2.24) is 0 Å². The molecule has 104 valence electrons. The third kappa shape index (κ3) is 3.48. The molecule has 5 heteroatoms. The molecule has 0 amide bonds. The molecule has 1 N–H and O–H groups in total. The van der Waals surface area contributed by atoms with E-state index < -0.39 is 17.7 Å². The smallest absolute Gasteiger partial charge is 0.314 e. The number of hydrogen-bond donors (Lipinski definition) is 1. The van der Waals surface area contributed by atoms with Crippen molar-refractivity contribution in [3.63, 3.8) is 0 Å². The van der Waals surface area contributed by atoms with Gasteiger partial charge in [-0.05, 0) is 23.8 Å². The van der Waals surface area contributed by atoms with Gasteiger partial charge in [0.05, 0.1) is 5.02 Å². The lowest BCUT2D eigenvalue weighted by atomic mass is 10.0. The van der Waals surface area contributed by atoms with Crippen LogP contribution in [-0.2, 0) is 4.79 Å². The van der Waals surface area contributed by atoms with E-state index in [4.69, 9.17) is 16.3 Å². The largest absolute Gasteiger partial charge is 0.491 e. The molecule has 0 aromatic heterocycles. The van der Waals surface area contributed by atoms with Crippen LogP contribution in [0.2, 0.25) is 5.02 Å². The first-order chi connectivity index (χ1) is 9.58. The summed E-state index contributed by atoms with van der Waals surface area (Å²) in [6.07, 6.45) is 0. The Hall–Kier alpha value is -2.07. The summed E-state index contributed by atoms with van der Waals surface area (Å²) in [5.41, 5.74) is 0.637. The van der Waals surface area contributed by atoms with Gasteiger partial charge in [0, 0.05) is 0 Å². The molecular weight excluding hydrogens is 283 g/mol. The van der Waals surface area contributed by atoms with E-state index in [1.807, 2.05) is 0 Å². The number of hydrogen-bond acceptors (Lipinski definition) is 2. The third-order valence-corrected chi connectivity index (χ3v) is 3.09. The van der Waals surface area contributed by atoms with Gasteiger partial charge < -0.3 is 9.84 Å². The fourth-order valence-corrected chi connectivity index (χ4v) is 1.98. The van der Waals surface area contributed by atoms with Gasteiger partial charge in [-0.1, -0.05) is 41.9 Å². The molecule has 1 atom stereocenters. The summed E-state index contributed by atoms with van der Waals surface area (Å²) in [6, 6.07) is 12.5. The molecule has 0 radical (unpaired) electrons. The number of ether oxygens (including phenoxy) is 1. The lowest BCUT2D eigenvalue weighted by molar-refractivity contribution is -0.139. The zero-order chi connectivity index (χ0) is 14.5. The summed E-state index contributed by atoms with van der Waals surface area (Å²) >= 11 is 5.83. The first-order valence-electron chi connectivity index (χ1n) is 5.93. The number of halogens is 2. The van der Waals surface area contributed by atoms with Gasteiger partial charge in [-0.2, -0.15) is 0 Å². The van der Waals surface area contributed by atoms with Gasteiger partial charge in [0.2, 0.25) is 0 Å². The SMILES string of the molecule is O=C(O)C(COc1ccc(F)cc1Cl)c1ccccc1. The number of carboxylic acid groups (broad SMARTS) is 1. The highest BCUT2D eigenvalue weighted by atomic mass is 35.5. The van der Waals surface area contributed by atoms with Crippen LogP contribution in [0.1, 0.15) is 11.5 Å². The summed E-state index contributed by atoms with van der Waals surface area (Å²) in [5.74, 6) is -2.01. The van der Waals surface area contributed by atoms with Crippen molar-refractivity contribution >= 4 is 17.6 Å². The zero-order valence-electron chi connectivity index (χ0n) is 10.4.